The van der Waals surface area contributed by atoms with Crippen LogP contribution >= 0.6 is 22.6 Å². The van der Waals surface area contributed by atoms with Crippen molar-refractivity contribution in [1.29, 1.82) is 0 Å². The quantitative estimate of drug-likeness (QED) is 0.484. The molecule has 3 heteroatoms. The fraction of sp³-hybridized carbons (Fsp3) is 0.143. The van der Waals surface area contributed by atoms with E-state index in [1.807, 2.05) is 6.07 Å². The zero-order chi connectivity index (χ0) is 7.40. The van der Waals surface area contributed by atoms with Crippen molar-refractivity contribution in [3.63, 3.8) is 0 Å². The summed E-state index contributed by atoms with van der Waals surface area (Å²) in [5, 5.41) is 3.00. The minimum absolute atomic E-state index is 0.199. The van der Waals surface area contributed by atoms with Gasteiger partial charge >= 0.3 is 0 Å². The van der Waals surface area contributed by atoms with Crippen molar-refractivity contribution in [2.75, 3.05) is 9.87 Å². The summed E-state index contributed by atoms with van der Waals surface area (Å²) in [5.41, 5.74) is 0.828. The van der Waals surface area contributed by atoms with Crippen LogP contribution in [0.4, 0.5) is 10.1 Å². The Balaban J connectivity index is 2.75. The monoisotopic (exact) mass is 251 g/mol. The first-order valence-corrected chi connectivity index (χ1v) is 4.41. The first kappa shape index (κ1) is 7.78. The lowest BCUT2D eigenvalue weighted by Crippen LogP contribution is -1.92. The molecule has 54 valence electrons. The molecule has 0 aliphatic heterocycles. The van der Waals surface area contributed by atoms with Crippen LogP contribution in [-0.4, -0.2) is 4.55 Å². The summed E-state index contributed by atoms with van der Waals surface area (Å²) >= 11 is 2.17. The minimum atomic E-state index is -0.199. The standard InChI is InChI=1S/C7H7FIN/c8-6-2-1-3-7(4-6)10-5-9/h1-4,10H,5H2. The van der Waals surface area contributed by atoms with Crippen molar-refractivity contribution in [2.24, 2.45) is 0 Å². The molecule has 0 aliphatic rings. The zero-order valence-electron chi connectivity index (χ0n) is 5.27. The summed E-state index contributed by atoms with van der Waals surface area (Å²) in [5.74, 6) is -0.199. The maximum Gasteiger partial charge on any atom is 0.125 e. The fourth-order valence-electron chi connectivity index (χ4n) is 0.676. The average Bonchev–Trinajstić information content (AvgIpc) is 1.88. The molecular weight excluding hydrogens is 244 g/mol. The van der Waals surface area contributed by atoms with Gasteiger partial charge in [0.15, 0.2) is 0 Å². The third-order valence-electron chi connectivity index (χ3n) is 1.10. The predicted molar refractivity (Wildman–Crippen MR) is 48.9 cm³/mol. The van der Waals surface area contributed by atoms with Crippen LogP contribution in [0.2, 0.25) is 0 Å². The average molecular weight is 251 g/mol. The molecule has 10 heavy (non-hydrogen) atoms. The summed E-state index contributed by atoms with van der Waals surface area (Å²) in [6.45, 7) is 0. The Morgan fingerprint density at radius 1 is 1.50 bits per heavy atom. The second-order valence-electron chi connectivity index (χ2n) is 1.82. The minimum Gasteiger partial charge on any atom is -0.376 e. The molecule has 0 aliphatic carbocycles. The SMILES string of the molecule is Fc1cccc(NCI)c1. The highest BCUT2D eigenvalue weighted by Crippen LogP contribution is 2.08. The molecule has 0 atom stereocenters. The zero-order valence-corrected chi connectivity index (χ0v) is 7.43. The first-order chi connectivity index (χ1) is 4.83. The smallest absolute Gasteiger partial charge is 0.125 e. The highest BCUT2D eigenvalue weighted by Gasteiger charge is 1.90. The van der Waals surface area contributed by atoms with Gasteiger partial charge in [-0.3, -0.25) is 0 Å². The van der Waals surface area contributed by atoms with Crippen LogP contribution in [0.15, 0.2) is 24.3 Å². The van der Waals surface area contributed by atoms with E-state index in [9.17, 15) is 4.39 Å². The van der Waals surface area contributed by atoms with Gasteiger partial charge in [0, 0.05) is 5.69 Å². The summed E-state index contributed by atoms with van der Waals surface area (Å²) in [4.78, 5) is 0. The number of nitrogens with one attached hydrogen (secondary N) is 1. The second-order valence-corrected chi connectivity index (χ2v) is 2.58. The Kier molecular flexibility index (Phi) is 2.92. The van der Waals surface area contributed by atoms with E-state index in [0.29, 0.717) is 0 Å². The Labute approximate surface area is 72.8 Å². The van der Waals surface area contributed by atoms with Gasteiger partial charge < -0.3 is 5.32 Å². The molecule has 0 spiro atoms. The number of halogens is 2. The molecule has 1 aromatic rings. The lowest BCUT2D eigenvalue weighted by atomic mass is 10.3. The topological polar surface area (TPSA) is 12.0 Å². The van der Waals surface area contributed by atoms with E-state index in [-0.39, 0.29) is 5.82 Å². The van der Waals surface area contributed by atoms with Gasteiger partial charge in [-0.1, -0.05) is 28.7 Å². The summed E-state index contributed by atoms with van der Waals surface area (Å²) in [6.07, 6.45) is 0. The molecule has 0 saturated heterocycles. The number of alkyl halides is 1. The molecule has 0 fully saturated rings. The van der Waals surface area contributed by atoms with Crippen molar-refractivity contribution in [3.8, 4) is 0 Å². The highest BCUT2D eigenvalue weighted by molar-refractivity contribution is 14.1. The number of hydrogen-bond donors (Lipinski definition) is 1. The second kappa shape index (κ2) is 3.75. The van der Waals surface area contributed by atoms with E-state index < -0.39 is 0 Å². The molecule has 0 radical (unpaired) electrons. The van der Waals surface area contributed by atoms with Gasteiger partial charge in [-0.05, 0) is 18.2 Å². The summed E-state index contributed by atoms with van der Waals surface area (Å²) < 4.78 is 13.2. The van der Waals surface area contributed by atoms with Crippen LogP contribution in [0.5, 0.6) is 0 Å². The van der Waals surface area contributed by atoms with Crippen molar-refractivity contribution in [2.45, 2.75) is 0 Å². The van der Waals surface area contributed by atoms with Gasteiger partial charge in [0.25, 0.3) is 0 Å². The van der Waals surface area contributed by atoms with E-state index in [4.69, 9.17) is 0 Å². The largest absolute Gasteiger partial charge is 0.376 e. The Morgan fingerprint density at radius 2 is 2.30 bits per heavy atom. The Hall–Kier alpha value is -0.320. The normalized spacial score (nSPS) is 9.40. The van der Waals surface area contributed by atoms with Crippen molar-refractivity contribution in [3.05, 3.63) is 30.1 Å². The molecule has 0 amide bonds. The van der Waals surface area contributed by atoms with Gasteiger partial charge in [-0.15, -0.1) is 0 Å². The van der Waals surface area contributed by atoms with E-state index in [0.717, 1.165) is 10.2 Å². The van der Waals surface area contributed by atoms with Crippen LogP contribution in [0, 0.1) is 5.82 Å². The molecule has 0 heterocycles. The third-order valence-corrected chi connectivity index (χ3v) is 1.48. The molecule has 1 aromatic carbocycles. The van der Waals surface area contributed by atoms with Gasteiger partial charge in [-0.25, -0.2) is 4.39 Å². The van der Waals surface area contributed by atoms with Crippen LogP contribution in [-0.2, 0) is 0 Å². The maximum atomic E-state index is 12.4. The van der Waals surface area contributed by atoms with E-state index in [1.165, 1.54) is 12.1 Å². The molecule has 0 aromatic heterocycles. The van der Waals surface area contributed by atoms with Crippen LogP contribution in [0.3, 0.4) is 0 Å². The lowest BCUT2D eigenvalue weighted by Gasteiger charge is -1.99. The van der Waals surface area contributed by atoms with Crippen molar-refractivity contribution in [1.82, 2.24) is 0 Å². The summed E-state index contributed by atoms with van der Waals surface area (Å²) in [7, 11) is 0. The summed E-state index contributed by atoms with van der Waals surface area (Å²) in [6, 6.07) is 6.42. The molecule has 0 unspecified atom stereocenters. The molecule has 0 bridgehead atoms. The van der Waals surface area contributed by atoms with Crippen molar-refractivity contribution < 1.29 is 4.39 Å². The van der Waals surface area contributed by atoms with Crippen LogP contribution in [0.25, 0.3) is 0 Å². The van der Waals surface area contributed by atoms with Crippen molar-refractivity contribution >= 4 is 28.3 Å². The van der Waals surface area contributed by atoms with E-state index in [2.05, 4.69) is 27.9 Å². The third kappa shape index (κ3) is 2.13. The van der Waals surface area contributed by atoms with Gasteiger partial charge in [0.1, 0.15) is 5.82 Å². The highest BCUT2D eigenvalue weighted by atomic mass is 127. The molecule has 1 nitrogen and oxygen atoms in total. The number of benzene rings is 1. The van der Waals surface area contributed by atoms with Crippen LogP contribution in [0.1, 0.15) is 0 Å². The molecule has 1 rings (SSSR count). The van der Waals surface area contributed by atoms with Gasteiger partial charge in [0.05, 0.1) is 4.55 Å². The maximum absolute atomic E-state index is 12.4. The van der Waals surface area contributed by atoms with E-state index in [1.54, 1.807) is 6.07 Å². The molecular formula is C7H7FIN. The lowest BCUT2D eigenvalue weighted by molar-refractivity contribution is 0.628. The number of anilines is 1. The Bertz CT molecular complexity index is 215. The number of hydrogen-bond acceptors (Lipinski definition) is 1. The Morgan fingerprint density at radius 3 is 2.90 bits per heavy atom. The van der Waals surface area contributed by atoms with E-state index >= 15 is 0 Å². The van der Waals surface area contributed by atoms with Gasteiger partial charge in [-0.2, -0.15) is 0 Å². The predicted octanol–water partition coefficient (Wildman–Crippen LogP) is 2.63. The number of rotatable bonds is 2. The van der Waals surface area contributed by atoms with Gasteiger partial charge in [0.2, 0.25) is 0 Å². The fourth-order valence-corrected chi connectivity index (χ4v) is 1.12. The molecule has 1 N–H and O–H groups in total. The first-order valence-electron chi connectivity index (χ1n) is 2.88. The van der Waals surface area contributed by atoms with Crippen LogP contribution < -0.4 is 5.32 Å². The molecule has 0 saturated carbocycles.